The first-order valence-corrected chi connectivity index (χ1v) is 11.3. The van der Waals surface area contributed by atoms with Crippen LogP contribution in [0.2, 0.25) is 0 Å². The van der Waals surface area contributed by atoms with Crippen molar-refractivity contribution in [1.82, 2.24) is 4.90 Å². The Labute approximate surface area is 197 Å². The van der Waals surface area contributed by atoms with Crippen molar-refractivity contribution in [3.63, 3.8) is 0 Å². The van der Waals surface area contributed by atoms with Crippen LogP contribution in [-0.4, -0.2) is 74.4 Å². The van der Waals surface area contributed by atoms with Crippen molar-refractivity contribution in [3.8, 4) is 23.0 Å². The molecule has 8 nitrogen and oxygen atoms in total. The number of fused-ring (bicyclic) bond motifs is 1. The van der Waals surface area contributed by atoms with Crippen molar-refractivity contribution in [2.24, 2.45) is 4.99 Å². The van der Waals surface area contributed by atoms with Gasteiger partial charge in [0.15, 0.2) is 11.5 Å². The topological polar surface area (TPSA) is 89.8 Å². The van der Waals surface area contributed by atoms with E-state index in [1.807, 2.05) is 4.90 Å². The second-order valence-corrected chi connectivity index (χ2v) is 8.20. The maximum absolute atomic E-state index is 13.7. The Balaban J connectivity index is 1.43. The zero-order valence-electron chi connectivity index (χ0n) is 19.1. The zero-order valence-corrected chi connectivity index (χ0v) is 19.1. The normalized spacial score (nSPS) is 19.0. The van der Waals surface area contributed by atoms with E-state index in [4.69, 9.17) is 18.9 Å². The van der Waals surface area contributed by atoms with Gasteiger partial charge in [0.2, 0.25) is 5.91 Å². The molecule has 2 aromatic rings. The lowest BCUT2D eigenvalue weighted by Crippen LogP contribution is -2.32. The molecule has 0 bridgehead atoms. The molecule has 0 spiro atoms. The summed E-state index contributed by atoms with van der Waals surface area (Å²) in [5.41, 5.74) is 0.793. The Bertz CT molecular complexity index is 1010. The van der Waals surface area contributed by atoms with E-state index in [9.17, 15) is 14.3 Å². The van der Waals surface area contributed by atoms with E-state index in [1.165, 1.54) is 0 Å². The van der Waals surface area contributed by atoms with Gasteiger partial charge >= 0.3 is 0 Å². The van der Waals surface area contributed by atoms with Crippen LogP contribution in [0.4, 0.5) is 4.39 Å². The van der Waals surface area contributed by atoms with Crippen molar-refractivity contribution < 1.29 is 33.2 Å². The van der Waals surface area contributed by atoms with Gasteiger partial charge in [-0.2, -0.15) is 0 Å². The molecule has 1 fully saturated rings. The summed E-state index contributed by atoms with van der Waals surface area (Å²) in [5.74, 6) is 2.04. The average Bonchev–Trinajstić information content (AvgIpc) is 3.27. The molecule has 0 aromatic heterocycles. The maximum atomic E-state index is 13.7. The van der Waals surface area contributed by atoms with Gasteiger partial charge in [0.1, 0.15) is 37.0 Å². The maximum Gasteiger partial charge on any atom is 0.249 e. The standard InChI is InChI=1S/C25H29FN2O6/c1-31-19-3-5-20(6-4-19)32-11-9-24(29)27-21(16-28-10-8-18(26)15-28)25(30)17-2-7-22-23(14-17)34-13-12-33-22/h2-7,14,18,25,30H,8-13,15-16H2,1H3/b27-21+/t18-,25-/m1/s1. The lowest BCUT2D eigenvalue weighted by atomic mass is 10.0. The molecule has 2 atom stereocenters. The highest BCUT2D eigenvalue weighted by molar-refractivity contribution is 6.00. The molecule has 1 N–H and O–H groups in total. The van der Waals surface area contributed by atoms with Crippen LogP contribution in [0.1, 0.15) is 24.5 Å². The number of rotatable bonds is 9. The number of hydrogen-bond donors (Lipinski definition) is 1. The highest BCUT2D eigenvalue weighted by Gasteiger charge is 2.27. The Kier molecular flexibility index (Phi) is 7.97. The fourth-order valence-electron chi connectivity index (χ4n) is 3.91. The van der Waals surface area contributed by atoms with E-state index < -0.39 is 18.2 Å². The SMILES string of the molecule is COc1ccc(OCCC(=O)/N=C(\CN2CC[C@@H](F)C2)[C@H](O)c2ccc3c(c2)OCCO3)cc1. The molecule has 0 saturated carbocycles. The molecule has 34 heavy (non-hydrogen) atoms. The number of benzene rings is 2. The lowest BCUT2D eigenvalue weighted by molar-refractivity contribution is -0.118. The molecule has 2 aliphatic heterocycles. The van der Waals surface area contributed by atoms with Gasteiger partial charge in [-0.15, -0.1) is 0 Å². The molecule has 2 heterocycles. The van der Waals surface area contributed by atoms with E-state index in [2.05, 4.69) is 4.99 Å². The Hall–Kier alpha value is -3.17. The van der Waals surface area contributed by atoms with Crippen LogP contribution in [0.15, 0.2) is 47.5 Å². The number of aliphatic hydroxyl groups excluding tert-OH is 1. The first kappa shape index (κ1) is 24.0. The highest BCUT2D eigenvalue weighted by Crippen LogP contribution is 2.33. The molecule has 0 radical (unpaired) electrons. The van der Waals surface area contributed by atoms with E-state index in [1.54, 1.807) is 49.6 Å². The number of halogens is 1. The van der Waals surface area contributed by atoms with Crippen LogP contribution in [-0.2, 0) is 4.79 Å². The summed E-state index contributed by atoms with van der Waals surface area (Å²) >= 11 is 0. The quantitative estimate of drug-likeness (QED) is 0.561. The molecule has 0 unspecified atom stereocenters. The third-order valence-electron chi connectivity index (χ3n) is 5.71. The number of methoxy groups -OCH3 is 1. The number of carbonyl (C=O) groups is 1. The highest BCUT2D eigenvalue weighted by atomic mass is 19.1. The number of carbonyl (C=O) groups excluding carboxylic acids is 1. The summed E-state index contributed by atoms with van der Waals surface area (Å²) in [5, 5.41) is 11.1. The predicted octanol–water partition coefficient (Wildman–Crippen LogP) is 2.98. The molecule has 4 rings (SSSR count). The second-order valence-electron chi connectivity index (χ2n) is 8.20. The summed E-state index contributed by atoms with van der Waals surface area (Å²) in [6.07, 6.45) is -1.59. The van der Waals surface area contributed by atoms with Gasteiger partial charge < -0.3 is 24.1 Å². The van der Waals surface area contributed by atoms with Gasteiger partial charge in [0.25, 0.3) is 0 Å². The molecule has 182 valence electrons. The molecular weight excluding hydrogens is 443 g/mol. The van der Waals surface area contributed by atoms with Crippen LogP contribution >= 0.6 is 0 Å². The number of nitrogens with zero attached hydrogens (tertiary/aromatic N) is 2. The van der Waals surface area contributed by atoms with Crippen LogP contribution < -0.4 is 18.9 Å². The van der Waals surface area contributed by atoms with Crippen LogP contribution in [0.25, 0.3) is 0 Å². The molecule has 0 aliphatic carbocycles. The molecule has 1 saturated heterocycles. The summed E-state index contributed by atoms with van der Waals surface area (Å²) in [7, 11) is 1.58. The zero-order chi connectivity index (χ0) is 23.9. The Morgan fingerprint density at radius 3 is 2.62 bits per heavy atom. The molecule has 1 amide bonds. The van der Waals surface area contributed by atoms with Crippen molar-refractivity contribution in [1.29, 1.82) is 0 Å². The van der Waals surface area contributed by atoms with Crippen molar-refractivity contribution in [3.05, 3.63) is 48.0 Å². The largest absolute Gasteiger partial charge is 0.497 e. The van der Waals surface area contributed by atoms with Crippen LogP contribution in [0, 0.1) is 0 Å². The minimum absolute atomic E-state index is 0.0368. The van der Waals surface area contributed by atoms with Crippen LogP contribution in [0.5, 0.6) is 23.0 Å². The smallest absolute Gasteiger partial charge is 0.249 e. The van der Waals surface area contributed by atoms with Crippen LogP contribution in [0.3, 0.4) is 0 Å². The summed E-state index contributed by atoms with van der Waals surface area (Å²) < 4.78 is 35.6. The number of amides is 1. The predicted molar refractivity (Wildman–Crippen MR) is 124 cm³/mol. The summed E-state index contributed by atoms with van der Waals surface area (Å²) in [4.78, 5) is 18.7. The van der Waals surface area contributed by atoms with E-state index in [-0.39, 0.29) is 31.8 Å². The monoisotopic (exact) mass is 472 g/mol. The Morgan fingerprint density at radius 1 is 1.18 bits per heavy atom. The third kappa shape index (κ3) is 6.24. The minimum Gasteiger partial charge on any atom is -0.497 e. The summed E-state index contributed by atoms with van der Waals surface area (Å²) in [6.45, 7) is 2.02. The number of aliphatic hydroxyl groups is 1. The number of likely N-dealkylation sites (tertiary alicyclic amines) is 1. The van der Waals surface area contributed by atoms with Gasteiger partial charge in [-0.05, 0) is 48.4 Å². The van der Waals surface area contributed by atoms with Crippen molar-refractivity contribution in [2.75, 3.05) is 46.6 Å². The first-order valence-electron chi connectivity index (χ1n) is 11.3. The van der Waals surface area contributed by atoms with Gasteiger partial charge in [-0.25, -0.2) is 9.38 Å². The number of alkyl halides is 1. The lowest BCUT2D eigenvalue weighted by Gasteiger charge is -2.23. The Morgan fingerprint density at radius 2 is 1.91 bits per heavy atom. The molecule has 2 aromatic carbocycles. The van der Waals surface area contributed by atoms with Gasteiger partial charge in [-0.3, -0.25) is 9.69 Å². The summed E-state index contributed by atoms with van der Waals surface area (Å²) in [6, 6.07) is 12.2. The van der Waals surface area contributed by atoms with Gasteiger partial charge in [0, 0.05) is 19.6 Å². The van der Waals surface area contributed by atoms with Crippen molar-refractivity contribution in [2.45, 2.75) is 25.1 Å². The minimum atomic E-state index is -1.14. The van der Waals surface area contributed by atoms with E-state index in [0.29, 0.717) is 54.7 Å². The molecule has 9 heteroatoms. The molecular formula is C25H29FN2O6. The fraction of sp³-hybridized carbons (Fsp3) is 0.440. The van der Waals surface area contributed by atoms with Crippen molar-refractivity contribution >= 4 is 11.6 Å². The first-order chi connectivity index (χ1) is 16.5. The van der Waals surface area contributed by atoms with Gasteiger partial charge in [-0.1, -0.05) is 6.07 Å². The number of ether oxygens (including phenoxy) is 4. The molecule has 2 aliphatic rings. The third-order valence-corrected chi connectivity index (χ3v) is 5.71. The average molecular weight is 473 g/mol. The number of hydrogen-bond acceptors (Lipinski definition) is 7. The van der Waals surface area contributed by atoms with E-state index in [0.717, 1.165) is 0 Å². The second kappa shape index (κ2) is 11.3. The van der Waals surface area contributed by atoms with E-state index >= 15 is 0 Å². The van der Waals surface area contributed by atoms with Gasteiger partial charge in [0.05, 0.1) is 25.8 Å². The fourth-order valence-corrected chi connectivity index (χ4v) is 3.91. The number of aliphatic imine (C=N–C) groups is 1.